The molecule has 19 heavy (non-hydrogen) atoms. The zero-order valence-corrected chi connectivity index (χ0v) is 10.2. The van der Waals surface area contributed by atoms with Crippen molar-refractivity contribution in [2.24, 2.45) is 5.84 Å². The molecule has 0 radical (unpaired) electrons. The van der Waals surface area contributed by atoms with Gasteiger partial charge in [-0.05, 0) is 18.2 Å². The SMILES string of the molecule is NNC(c1ncc[nH]1)c1ccnn1-c1ccccc1. The summed E-state index contributed by atoms with van der Waals surface area (Å²) in [6.07, 6.45) is 5.21. The van der Waals surface area contributed by atoms with E-state index in [0.29, 0.717) is 0 Å². The molecule has 1 aromatic carbocycles. The smallest absolute Gasteiger partial charge is 0.130 e. The van der Waals surface area contributed by atoms with E-state index in [1.807, 2.05) is 41.1 Å². The molecule has 4 N–H and O–H groups in total. The second-order valence-electron chi connectivity index (χ2n) is 4.08. The van der Waals surface area contributed by atoms with Crippen LogP contribution in [0.1, 0.15) is 17.6 Å². The Kier molecular flexibility index (Phi) is 3.09. The van der Waals surface area contributed by atoms with E-state index in [9.17, 15) is 0 Å². The number of hydrogen-bond donors (Lipinski definition) is 3. The summed E-state index contributed by atoms with van der Waals surface area (Å²) in [5, 5.41) is 4.34. The van der Waals surface area contributed by atoms with Crippen molar-refractivity contribution in [1.29, 1.82) is 0 Å². The van der Waals surface area contributed by atoms with Gasteiger partial charge in [-0.2, -0.15) is 5.10 Å². The molecule has 0 fully saturated rings. The van der Waals surface area contributed by atoms with Crippen molar-refractivity contribution >= 4 is 0 Å². The summed E-state index contributed by atoms with van der Waals surface area (Å²) in [7, 11) is 0. The highest BCUT2D eigenvalue weighted by molar-refractivity contribution is 5.34. The summed E-state index contributed by atoms with van der Waals surface area (Å²) < 4.78 is 1.84. The standard InChI is InChI=1S/C13H14N6/c14-18-12(13-15-8-9-16-13)11-6-7-17-19(11)10-4-2-1-3-5-10/h1-9,12,18H,14H2,(H,15,16). The van der Waals surface area contributed by atoms with Gasteiger partial charge in [0.25, 0.3) is 0 Å². The molecule has 96 valence electrons. The number of nitrogens with zero attached hydrogens (tertiary/aromatic N) is 3. The van der Waals surface area contributed by atoms with Crippen LogP contribution < -0.4 is 11.3 Å². The van der Waals surface area contributed by atoms with Gasteiger partial charge in [0.2, 0.25) is 0 Å². The van der Waals surface area contributed by atoms with Crippen LogP contribution in [0.4, 0.5) is 0 Å². The fourth-order valence-electron chi connectivity index (χ4n) is 2.06. The van der Waals surface area contributed by atoms with Gasteiger partial charge in [-0.25, -0.2) is 15.1 Å². The fourth-order valence-corrected chi connectivity index (χ4v) is 2.06. The lowest BCUT2D eigenvalue weighted by atomic mass is 10.2. The molecule has 0 spiro atoms. The molecular formula is C13H14N6. The summed E-state index contributed by atoms with van der Waals surface area (Å²) in [6, 6.07) is 11.6. The van der Waals surface area contributed by atoms with E-state index in [1.165, 1.54) is 0 Å². The molecule has 0 saturated heterocycles. The summed E-state index contributed by atoms with van der Waals surface area (Å²) in [5.41, 5.74) is 4.66. The van der Waals surface area contributed by atoms with Gasteiger partial charge in [-0.3, -0.25) is 5.84 Å². The second-order valence-corrected chi connectivity index (χ2v) is 4.08. The Morgan fingerprint density at radius 3 is 2.68 bits per heavy atom. The van der Waals surface area contributed by atoms with Crippen molar-refractivity contribution < 1.29 is 0 Å². The molecule has 0 aliphatic heterocycles. The van der Waals surface area contributed by atoms with Crippen LogP contribution in [0.5, 0.6) is 0 Å². The first kappa shape index (κ1) is 11.6. The number of aromatic nitrogens is 4. The Morgan fingerprint density at radius 2 is 2.00 bits per heavy atom. The highest BCUT2D eigenvalue weighted by atomic mass is 15.3. The summed E-state index contributed by atoms with van der Waals surface area (Å²) in [5.74, 6) is 6.40. The topological polar surface area (TPSA) is 84.5 Å². The molecule has 0 bridgehead atoms. The van der Waals surface area contributed by atoms with E-state index in [-0.39, 0.29) is 6.04 Å². The maximum Gasteiger partial charge on any atom is 0.130 e. The molecular weight excluding hydrogens is 240 g/mol. The van der Waals surface area contributed by atoms with Crippen molar-refractivity contribution in [2.75, 3.05) is 0 Å². The quantitative estimate of drug-likeness (QED) is 0.481. The average Bonchev–Trinajstić information content (AvgIpc) is 3.12. The van der Waals surface area contributed by atoms with Gasteiger partial charge in [-0.15, -0.1) is 0 Å². The Labute approximate surface area is 110 Å². The number of nitrogens with one attached hydrogen (secondary N) is 2. The van der Waals surface area contributed by atoms with Crippen LogP contribution in [0.2, 0.25) is 0 Å². The van der Waals surface area contributed by atoms with E-state index < -0.39 is 0 Å². The van der Waals surface area contributed by atoms with Crippen LogP contribution in [0.15, 0.2) is 55.0 Å². The lowest BCUT2D eigenvalue weighted by Crippen LogP contribution is -2.31. The first-order chi connectivity index (χ1) is 9.40. The first-order valence-electron chi connectivity index (χ1n) is 5.95. The molecule has 0 aliphatic rings. The Morgan fingerprint density at radius 1 is 1.16 bits per heavy atom. The molecule has 1 atom stereocenters. The molecule has 1 unspecified atom stereocenters. The number of para-hydroxylation sites is 1. The maximum atomic E-state index is 5.65. The van der Waals surface area contributed by atoms with E-state index in [4.69, 9.17) is 5.84 Å². The Balaban J connectivity index is 2.04. The normalized spacial score (nSPS) is 12.5. The number of rotatable bonds is 4. The molecule has 6 heteroatoms. The molecule has 2 aromatic heterocycles. The molecule has 3 rings (SSSR count). The fraction of sp³-hybridized carbons (Fsp3) is 0.0769. The van der Waals surface area contributed by atoms with Gasteiger partial charge in [0.15, 0.2) is 0 Å². The average molecular weight is 254 g/mol. The lowest BCUT2D eigenvalue weighted by molar-refractivity contribution is 0.573. The van der Waals surface area contributed by atoms with E-state index in [0.717, 1.165) is 17.2 Å². The molecule has 0 amide bonds. The van der Waals surface area contributed by atoms with Gasteiger partial charge in [0, 0.05) is 18.6 Å². The number of benzene rings is 1. The minimum Gasteiger partial charge on any atom is -0.347 e. The summed E-state index contributed by atoms with van der Waals surface area (Å²) in [4.78, 5) is 7.30. The zero-order valence-electron chi connectivity index (χ0n) is 10.2. The number of hydrogen-bond acceptors (Lipinski definition) is 4. The third-order valence-electron chi connectivity index (χ3n) is 2.93. The number of aromatic amines is 1. The summed E-state index contributed by atoms with van der Waals surface area (Å²) in [6.45, 7) is 0. The van der Waals surface area contributed by atoms with Crippen LogP contribution in [-0.4, -0.2) is 19.7 Å². The predicted molar refractivity (Wildman–Crippen MR) is 71.3 cm³/mol. The lowest BCUT2D eigenvalue weighted by Gasteiger charge is -2.15. The first-order valence-corrected chi connectivity index (χ1v) is 5.95. The van der Waals surface area contributed by atoms with Crippen LogP contribution in [-0.2, 0) is 0 Å². The van der Waals surface area contributed by atoms with Crippen LogP contribution in [0.3, 0.4) is 0 Å². The third-order valence-corrected chi connectivity index (χ3v) is 2.93. The zero-order chi connectivity index (χ0) is 13.1. The number of nitrogens with two attached hydrogens (primary N) is 1. The van der Waals surface area contributed by atoms with E-state index in [2.05, 4.69) is 20.5 Å². The van der Waals surface area contributed by atoms with Crippen molar-refractivity contribution in [3.05, 3.63) is 66.5 Å². The molecule has 0 aliphatic carbocycles. The van der Waals surface area contributed by atoms with Gasteiger partial charge in [-0.1, -0.05) is 18.2 Å². The van der Waals surface area contributed by atoms with Gasteiger partial charge in [0.1, 0.15) is 11.9 Å². The van der Waals surface area contributed by atoms with E-state index in [1.54, 1.807) is 18.6 Å². The van der Waals surface area contributed by atoms with Gasteiger partial charge in [0.05, 0.1) is 11.4 Å². The largest absolute Gasteiger partial charge is 0.347 e. The van der Waals surface area contributed by atoms with Crippen molar-refractivity contribution in [2.45, 2.75) is 6.04 Å². The van der Waals surface area contributed by atoms with E-state index >= 15 is 0 Å². The predicted octanol–water partition coefficient (Wildman–Crippen LogP) is 1.15. The van der Waals surface area contributed by atoms with Crippen molar-refractivity contribution in [3.8, 4) is 5.69 Å². The van der Waals surface area contributed by atoms with Gasteiger partial charge < -0.3 is 4.98 Å². The molecule has 2 heterocycles. The number of H-pyrrole nitrogens is 1. The summed E-state index contributed by atoms with van der Waals surface area (Å²) >= 11 is 0. The third kappa shape index (κ3) is 2.14. The second kappa shape index (κ2) is 5.05. The minimum atomic E-state index is -0.238. The van der Waals surface area contributed by atoms with Crippen molar-refractivity contribution in [1.82, 2.24) is 25.2 Å². The maximum absolute atomic E-state index is 5.65. The van der Waals surface area contributed by atoms with Crippen LogP contribution in [0, 0.1) is 0 Å². The highest BCUT2D eigenvalue weighted by Crippen LogP contribution is 2.20. The molecule has 6 nitrogen and oxygen atoms in total. The van der Waals surface area contributed by atoms with Crippen LogP contribution >= 0.6 is 0 Å². The Bertz CT molecular complexity index is 628. The monoisotopic (exact) mass is 254 g/mol. The minimum absolute atomic E-state index is 0.238. The molecule has 3 aromatic rings. The highest BCUT2D eigenvalue weighted by Gasteiger charge is 2.19. The van der Waals surface area contributed by atoms with Crippen LogP contribution in [0.25, 0.3) is 5.69 Å². The van der Waals surface area contributed by atoms with Gasteiger partial charge >= 0.3 is 0 Å². The Hall–Kier alpha value is -2.44. The number of hydrazine groups is 1. The molecule has 0 saturated carbocycles. The number of imidazole rings is 1. The van der Waals surface area contributed by atoms with Crippen molar-refractivity contribution in [3.63, 3.8) is 0 Å².